The van der Waals surface area contributed by atoms with Crippen molar-refractivity contribution in [1.82, 2.24) is 30.0 Å². The molecule has 4 N–H and O–H groups in total. The number of unbranched alkanes of at least 4 members (excludes halogenated alkanes) is 1. The average Bonchev–Trinajstić information content (AvgIpc) is 3.01. The van der Waals surface area contributed by atoms with E-state index in [9.17, 15) is 0 Å². The van der Waals surface area contributed by atoms with Crippen LogP contribution in [0.5, 0.6) is 5.75 Å². The predicted molar refractivity (Wildman–Crippen MR) is 128 cm³/mol. The normalized spacial score (nSPS) is 15.1. The molecule has 0 amide bonds. The highest BCUT2D eigenvalue weighted by atomic mass is 16.5. The van der Waals surface area contributed by atoms with Gasteiger partial charge in [0.2, 0.25) is 5.95 Å². The van der Waals surface area contributed by atoms with Crippen molar-refractivity contribution in [2.45, 2.75) is 39.3 Å². The zero-order valence-electron chi connectivity index (χ0n) is 19.1. The van der Waals surface area contributed by atoms with Gasteiger partial charge in [-0.15, -0.1) is 0 Å². The fraction of sp³-hybridized carbons (Fsp3) is 0.522. The summed E-state index contributed by atoms with van der Waals surface area (Å²) in [5.74, 6) is 1.82. The van der Waals surface area contributed by atoms with Crippen molar-refractivity contribution in [2.75, 3.05) is 50.9 Å². The Labute approximate surface area is 189 Å². The third kappa shape index (κ3) is 5.46. The Morgan fingerprint density at radius 3 is 2.94 bits per heavy atom. The van der Waals surface area contributed by atoms with Gasteiger partial charge in [-0.2, -0.15) is 10.1 Å². The molecule has 1 aromatic carbocycles. The van der Waals surface area contributed by atoms with Crippen LogP contribution in [-0.2, 0) is 13.1 Å². The van der Waals surface area contributed by atoms with E-state index in [1.165, 1.54) is 12.0 Å². The van der Waals surface area contributed by atoms with Gasteiger partial charge in [0.05, 0.1) is 19.9 Å². The van der Waals surface area contributed by atoms with Gasteiger partial charge in [-0.05, 0) is 37.6 Å². The summed E-state index contributed by atoms with van der Waals surface area (Å²) in [6, 6.07) is 6.47. The van der Waals surface area contributed by atoms with Crippen LogP contribution in [0.15, 0.2) is 24.4 Å². The first-order chi connectivity index (χ1) is 15.7. The molecular weight excluding hydrogens is 404 g/mol. The van der Waals surface area contributed by atoms with Gasteiger partial charge < -0.3 is 21.1 Å². The van der Waals surface area contributed by atoms with Crippen molar-refractivity contribution in [3.8, 4) is 5.75 Å². The molecule has 0 saturated carbocycles. The molecule has 0 radical (unpaired) electrons. The van der Waals surface area contributed by atoms with Crippen LogP contribution in [-0.4, -0.2) is 64.5 Å². The van der Waals surface area contributed by atoms with Gasteiger partial charge in [0.15, 0.2) is 11.3 Å². The lowest BCUT2D eigenvalue weighted by Gasteiger charge is -2.20. The molecule has 3 aromatic rings. The molecule has 1 saturated heterocycles. The zero-order chi connectivity index (χ0) is 22.3. The molecule has 0 spiro atoms. The van der Waals surface area contributed by atoms with E-state index in [4.69, 9.17) is 15.6 Å². The molecule has 9 nitrogen and oxygen atoms in total. The Bertz CT molecular complexity index is 1030. The number of hydrogen-bond acceptors (Lipinski definition) is 8. The molecule has 172 valence electrons. The van der Waals surface area contributed by atoms with E-state index >= 15 is 0 Å². The summed E-state index contributed by atoms with van der Waals surface area (Å²) in [7, 11) is 1.72. The van der Waals surface area contributed by atoms with E-state index in [2.05, 4.69) is 50.6 Å². The van der Waals surface area contributed by atoms with Crippen molar-refractivity contribution in [1.29, 1.82) is 0 Å². The number of nitrogens with two attached hydrogens (primary N) is 1. The van der Waals surface area contributed by atoms with Gasteiger partial charge in [0.25, 0.3) is 0 Å². The standard InChI is InChI=1S/C23H34N8O/c1-3-4-9-26-22-21-19(27-23(24)28-22)16-31(29-21)15-18-7-6-17(13-20(18)32-2)14-30-11-5-8-25-10-12-30/h6-7,13,16,25H,3-5,8-12,14-15H2,1-2H3,(H3,24,26,27,28). The Kier molecular flexibility index (Phi) is 7.39. The number of nitrogen functional groups attached to an aromatic ring is 1. The molecule has 3 heterocycles. The molecule has 0 unspecified atom stereocenters. The fourth-order valence-corrected chi connectivity index (χ4v) is 4.08. The largest absolute Gasteiger partial charge is 0.496 e. The van der Waals surface area contributed by atoms with Gasteiger partial charge in [-0.3, -0.25) is 9.58 Å². The van der Waals surface area contributed by atoms with E-state index in [-0.39, 0.29) is 5.95 Å². The van der Waals surface area contributed by atoms with Crippen molar-refractivity contribution in [3.63, 3.8) is 0 Å². The van der Waals surface area contributed by atoms with E-state index in [1.54, 1.807) is 7.11 Å². The molecule has 0 aliphatic carbocycles. The highest BCUT2D eigenvalue weighted by Gasteiger charge is 2.14. The van der Waals surface area contributed by atoms with Crippen molar-refractivity contribution in [3.05, 3.63) is 35.5 Å². The minimum Gasteiger partial charge on any atom is -0.496 e. The lowest BCUT2D eigenvalue weighted by atomic mass is 10.1. The van der Waals surface area contributed by atoms with Gasteiger partial charge in [-0.25, -0.2) is 4.98 Å². The first kappa shape index (κ1) is 22.3. The molecule has 0 atom stereocenters. The van der Waals surface area contributed by atoms with Crippen LogP contribution in [0.4, 0.5) is 11.8 Å². The highest BCUT2D eigenvalue weighted by molar-refractivity contribution is 5.85. The fourth-order valence-electron chi connectivity index (χ4n) is 4.08. The molecule has 9 heteroatoms. The second-order valence-electron chi connectivity index (χ2n) is 8.30. The number of methoxy groups -OCH3 is 1. The molecule has 0 bridgehead atoms. The van der Waals surface area contributed by atoms with Crippen LogP contribution in [0.3, 0.4) is 0 Å². The number of aromatic nitrogens is 4. The number of nitrogens with zero attached hydrogens (tertiary/aromatic N) is 5. The van der Waals surface area contributed by atoms with Gasteiger partial charge in [0.1, 0.15) is 11.3 Å². The quantitative estimate of drug-likeness (QED) is 0.438. The third-order valence-electron chi connectivity index (χ3n) is 5.77. The molecule has 1 aliphatic rings. The van der Waals surface area contributed by atoms with Crippen LogP contribution < -0.4 is 21.1 Å². The minimum absolute atomic E-state index is 0.252. The summed E-state index contributed by atoms with van der Waals surface area (Å²) >= 11 is 0. The summed E-state index contributed by atoms with van der Waals surface area (Å²) < 4.78 is 7.60. The van der Waals surface area contributed by atoms with Crippen LogP contribution in [0.1, 0.15) is 37.3 Å². The van der Waals surface area contributed by atoms with Gasteiger partial charge in [-0.1, -0.05) is 25.5 Å². The lowest BCUT2D eigenvalue weighted by Crippen LogP contribution is -2.27. The lowest BCUT2D eigenvalue weighted by molar-refractivity contribution is 0.284. The SMILES string of the molecule is CCCCNc1nc(N)nc2cn(Cc3ccc(CN4CCCNCC4)cc3OC)nc12. The average molecular weight is 439 g/mol. The molecule has 4 rings (SSSR count). The Morgan fingerprint density at radius 2 is 2.09 bits per heavy atom. The van der Waals surface area contributed by atoms with Crippen molar-refractivity contribution < 1.29 is 4.74 Å². The second-order valence-corrected chi connectivity index (χ2v) is 8.30. The van der Waals surface area contributed by atoms with Crippen LogP contribution >= 0.6 is 0 Å². The number of rotatable bonds is 9. The number of hydrogen-bond donors (Lipinski definition) is 3. The molecular formula is C23H34N8O. The monoisotopic (exact) mass is 438 g/mol. The second kappa shape index (κ2) is 10.6. The molecule has 2 aromatic heterocycles. The maximum atomic E-state index is 5.91. The van der Waals surface area contributed by atoms with Crippen molar-refractivity contribution in [2.24, 2.45) is 0 Å². The minimum atomic E-state index is 0.252. The maximum absolute atomic E-state index is 5.91. The van der Waals surface area contributed by atoms with Gasteiger partial charge >= 0.3 is 0 Å². The van der Waals surface area contributed by atoms with Crippen LogP contribution in [0.2, 0.25) is 0 Å². The summed E-state index contributed by atoms with van der Waals surface area (Å²) in [6.07, 6.45) is 5.26. The Morgan fingerprint density at radius 1 is 1.19 bits per heavy atom. The van der Waals surface area contributed by atoms with E-state index in [1.807, 2.05) is 10.9 Å². The van der Waals surface area contributed by atoms with E-state index in [0.29, 0.717) is 12.4 Å². The first-order valence-electron chi connectivity index (χ1n) is 11.5. The van der Waals surface area contributed by atoms with Crippen LogP contribution in [0.25, 0.3) is 11.0 Å². The van der Waals surface area contributed by atoms with Gasteiger partial charge in [0, 0.05) is 31.7 Å². The summed E-state index contributed by atoms with van der Waals surface area (Å²) in [4.78, 5) is 11.2. The first-order valence-corrected chi connectivity index (χ1v) is 11.5. The summed E-state index contributed by atoms with van der Waals surface area (Å²) in [5.41, 5.74) is 9.72. The highest BCUT2D eigenvalue weighted by Crippen LogP contribution is 2.24. The molecule has 32 heavy (non-hydrogen) atoms. The molecule has 1 aliphatic heterocycles. The number of anilines is 2. The van der Waals surface area contributed by atoms with E-state index in [0.717, 1.165) is 74.5 Å². The Hall–Kier alpha value is -2.91. The van der Waals surface area contributed by atoms with Crippen LogP contribution in [0, 0.1) is 0 Å². The maximum Gasteiger partial charge on any atom is 0.222 e. The summed E-state index contributed by atoms with van der Waals surface area (Å²) in [6.45, 7) is 8.85. The number of benzene rings is 1. The molecule has 1 fully saturated rings. The van der Waals surface area contributed by atoms with E-state index < -0.39 is 0 Å². The van der Waals surface area contributed by atoms with Crippen molar-refractivity contribution >= 4 is 22.8 Å². The number of nitrogens with one attached hydrogen (secondary N) is 2. The number of ether oxygens (including phenoxy) is 1. The smallest absolute Gasteiger partial charge is 0.222 e. The number of fused-ring (bicyclic) bond motifs is 1. The third-order valence-corrected chi connectivity index (χ3v) is 5.77. The summed E-state index contributed by atoms with van der Waals surface area (Å²) in [5, 5.41) is 11.5. The topological polar surface area (TPSA) is 106 Å². The Balaban J connectivity index is 1.52. The predicted octanol–water partition coefficient (Wildman–Crippen LogP) is 2.47. The zero-order valence-corrected chi connectivity index (χ0v) is 19.1.